The van der Waals surface area contributed by atoms with E-state index in [0.717, 1.165) is 0 Å². The number of aromatic nitrogens is 1. The lowest BCUT2D eigenvalue weighted by molar-refractivity contribution is 0.700. The molecule has 0 amide bonds. The molecule has 1 aromatic heterocycles. The molecule has 0 N–H and O–H groups in total. The Hall–Kier alpha value is -1.02. The summed E-state index contributed by atoms with van der Waals surface area (Å²) in [7, 11) is -1.52. The van der Waals surface area contributed by atoms with Crippen LogP contribution in [0.2, 0.25) is 18.1 Å². The molecule has 0 saturated carbocycles. The van der Waals surface area contributed by atoms with Gasteiger partial charge in [-0.3, -0.25) is 0 Å². The highest BCUT2D eigenvalue weighted by atomic mass is 28.3. The highest BCUT2D eigenvalue weighted by molar-refractivity contribution is 6.79. The van der Waals surface area contributed by atoms with Gasteiger partial charge in [-0.15, -0.1) is 0 Å². The number of fused-ring (bicyclic) bond motifs is 1. The van der Waals surface area contributed by atoms with Crippen LogP contribution in [0.3, 0.4) is 0 Å². The number of hydrogen-bond acceptors (Lipinski definition) is 0. The average molecular weight is 245 g/mol. The van der Waals surface area contributed by atoms with E-state index in [2.05, 4.69) is 75.4 Å². The molecule has 1 nitrogen and oxygen atoms in total. The molecule has 0 aliphatic carbocycles. The van der Waals surface area contributed by atoms with Gasteiger partial charge in [0.15, 0.2) is 8.24 Å². The largest absolute Gasteiger partial charge is 0.372 e. The van der Waals surface area contributed by atoms with Crippen LogP contribution < -0.4 is 0 Å². The summed E-state index contributed by atoms with van der Waals surface area (Å²) in [5.74, 6) is 0. The van der Waals surface area contributed by atoms with Crippen molar-refractivity contribution in [3.8, 4) is 0 Å². The standard InChI is InChI=1S/C15H23NSi/c1-12-11-13-9-7-8-10-14(13)16(12)17(5,6)15(2,3)4/h7-11H,1-6H3. The number of aryl methyl sites for hydroxylation is 1. The minimum Gasteiger partial charge on any atom is -0.372 e. The van der Waals surface area contributed by atoms with E-state index in [4.69, 9.17) is 0 Å². The van der Waals surface area contributed by atoms with Gasteiger partial charge in [-0.2, -0.15) is 0 Å². The maximum atomic E-state index is 2.61. The number of nitrogens with zero attached hydrogens (tertiary/aromatic N) is 1. The average Bonchev–Trinajstić information content (AvgIpc) is 2.51. The summed E-state index contributed by atoms with van der Waals surface area (Å²) in [4.78, 5) is 0. The van der Waals surface area contributed by atoms with Crippen molar-refractivity contribution < 1.29 is 0 Å². The Morgan fingerprint density at radius 2 is 1.65 bits per heavy atom. The van der Waals surface area contributed by atoms with Gasteiger partial charge in [-0.1, -0.05) is 52.1 Å². The van der Waals surface area contributed by atoms with Crippen molar-refractivity contribution in [1.82, 2.24) is 4.23 Å². The van der Waals surface area contributed by atoms with Crippen molar-refractivity contribution in [2.24, 2.45) is 0 Å². The number of hydrogen-bond donors (Lipinski definition) is 0. The van der Waals surface area contributed by atoms with Crippen molar-refractivity contribution in [2.45, 2.75) is 45.8 Å². The molecule has 1 heterocycles. The van der Waals surface area contributed by atoms with E-state index in [1.54, 1.807) is 0 Å². The predicted molar refractivity (Wildman–Crippen MR) is 79.3 cm³/mol. The van der Waals surface area contributed by atoms with E-state index in [1.807, 2.05) is 0 Å². The lowest BCUT2D eigenvalue weighted by Crippen LogP contribution is -2.45. The van der Waals surface area contributed by atoms with Crippen LogP contribution in [0, 0.1) is 6.92 Å². The molecule has 0 bridgehead atoms. The summed E-state index contributed by atoms with van der Waals surface area (Å²) in [6.07, 6.45) is 0. The van der Waals surface area contributed by atoms with Crippen LogP contribution in [0.5, 0.6) is 0 Å². The summed E-state index contributed by atoms with van der Waals surface area (Å²) >= 11 is 0. The highest BCUT2D eigenvalue weighted by Crippen LogP contribution is 2.39. The Kier molecular flexibility index (Phi) is 2.73. The third kappa shape index (κ3) is 1.84. The van der Waals surface area contributed by atoms with Gasteiger partial charge in [0.05, 0.1) is 0 Å². The number of rotatable bonds is 1. The fourth-order valence-electron chi connectivity index (χ4n) is 2.37. The second-order valence-electron chi connectivity index (χ2n) is 6.49. The minimum absolute atomic E-state index is 0.361. The topological polar surface area (TPSA) is 4.93 Å². The molecular weight excluding hydrogens is 222 g/mol. The molecule has 92 valence electrons. The monoisotopic (exact) mass is 245 g/mol. The molecule has 2 rings (SSSR count). The summed E-state index contributed by atoms with van der Waals surface area (Å²) in [5.41, 5.74) is 2.80. The van der Waals surface area contributed by atoms with E-state index >= 15 is 0 Å². The zero-order valence-corrected chi connectivity index (χ0v) is 12.8. The van der Waals surface area contributed by atoms with E-state index < -0.39 is 8.24 Å². The van der Waals surface area contributed by atoms with Crippen LogP contribution in [0.4, 0.5) is 0 Å². The number of benzene rings is 1. The van der Waals surface area contributed by atoms with Crippen LogP contribution in [-0.2, 0) is 0 Å². The first-order chi connectivity index (χ1) is 7.75. The maximum absolute atomic E-state index is 2.61. The van der Waals surface area contributed by atoms with Crippen LogP contribution >= 0.6 is 0 Å². The lowest BCUT2D eigenvalue weighted by atomic mass is 10.2. The highest BCUT2D eigenvalue weighted by Gasteiger charge is 2.38. The Morgan fingerprint density at radius 1 is 1.06 bits per heavy atom. The molecule has 2 heteroatoms. The van der Waals surface area contributed by atoms with Crippen LogP contribution in [-0.4, -0.2) is 12.5 Å². The van der Waals surface area contributed by atoms with E-state index in [0.29, 0.717) is 5.04 Å². The summed E-state index contributed by atoms with van der Waals surface area (Å²) < 4.78 is 2.61. The Balaban J connectivity index is 2.75. The zero-order chi connectivity index (χ0) is 12.8. The molecule has 2 aromatic rings. The van der Waals surface area contributed by atoms with Crippen LogP contribution in [0.15, 0.2) is 30.3 Å². The van der Waals surface area contributed by atoms with E-state index in [9.17, 15) is 0 Å². The fourth-order valence-corrected chi connectivity index (χ4v) is 4.79. The van der Waals surface area contributed by atoms with Gasteiger partial charge in [-0.25, -0.2) is 0 Å². The lowest BCUT2D eigenvalue weighted by Gasteiger charge is -2.39. The molecule has 0 spiro atoms. The van der Waals surface area contributed by atoms with Gasteiger partial charge in [0.2, 0.25) is 0 Å². The molecular formula is C15H23NSi. The van der Waals surface area contributed by atoms with Gasteiger partial charge < -0.3 is 4.23 Å². The smallest absolute Gasteiger partial charge is 0.161 e. The van der Waals surface area contributed by atoms with E-state index in [1.165, 1.54) is 16.6 Å². The minimum atomic E-state index is -1.52. The van der Waals surface area contributed by atoms with Gasteiger partial charge in [0.25, 0.3) is 0 Å². The Bertz CT molecular complexity index is 544. The molecule has 0 fully saturated rings. The fraction of sp³-hybridized carbons (Fsp3) is 0.467. The summed E-state index contributed by atoms with van der Waals surface area (Å²) in [6.45, 7) is 14.3. The van der Waals surface area contributed by atoms with Crippen molar-refractivity contribution >= 4 is 19.1 Å². The molecule has 1 aromatic carbocycles. The maximum Gasteiger partial charge on any atom is 0.161 e. The Morgan fingerprint density at radius 3 is 2.24 bits per heavy atom. The predicted octanol–water partition coefficient (Wildman–Crippen LogP) is 4.80. The molecule has 0 unspecified atom stereocenters. The first-order valence-electron chi connectivity index (χ1n) is 6.33. The second-order valence-corrected chi connectivity index (χ2v) is 11.6. The number of para-hydroxylation sites is 1. The van der Waals surface area contributed by atoms with Crippen molar-refractivity contribution in [3.05, 3.63) is 36.0 Å². The zero-order valence-electron chi connectivity index (χ0n) is 11.8. The molecule has 0 saturated heterocycles. The third-order valence-electron chi connectivity index (χ3n) is 4.29. The van der Waals surface area contributed by atoms with Crippen molar-refractivity contribution in [3.63, 3.8) is 0 Å². The SMILES string of the molecule is Cc1cc2ccccc2n1[Si](C)(C)C(C)(C)C. The summed E-state index contributed by atoms with van der Waals surface area (Å²) in [6, 6.07) is 11.0. The molecule has 0 radical (unpaired) electrons. The molecule has 0 aliphatic rings. The second kappa shape index (κ2) is 3.74. The molecule has 17 heavy (non-hydrogen) atoms. The van der Waals surface area contributed by atoms with Crippen molar-refractivity contribution in [2.75, 3.05) is 0 Å². The first-order valence-corrected chi connectivity index (χ1v) is 9.27. The molecule has 0 atom stereocenters. The van der Waals surface area contributed by atoms with Crippen LogP contribution in [0.25, 0.3) is 10.9 Å². The van der Waals surface area contributed by atoms with Crippen molar-refractivity contribution in [1.29, 1.82) is 0 Å². The molecule has 0 aliphatic heterocycles. The normalized spacial score (nSPS) is 13.3. The van der Waals surface area contributed by atoms with Gasteiger partial charge in [0.1, 0.15) is 0 Å². The Labute approximate surface area is 106 Å². The third-order valence-corrected chi connectivity index (χ3v) is 9.67. The van der Waals surface area contributed by atoms with Gasteiger partial charge >= 0.3 is 0 Å². The van der Waals surface area contributed by atoms with Gasteiger partial charge in [-0.05, 0) is 29.5 Å². The van der Waals surface area contributed by atoms with Gasteiger partial charge in [0, 0.05) is 11.2 Å². The van der Waals surface area contributed by atoms with Crippen LogP contribution in [0.1, 0.15) is 26.5 Å². The first kappa shape index (κ1) is 12.4. The summed E-state index contributed by atoms with van der Waals surface area (Å²) in [5, 5.41) is 1.73. The quantitative estimate of drug-likeness (QED) is 0.636. The van der Waals surface area contributed by atoms with E-state index in [-0.39, 0.29) is 0 Å².